The molecule has 37 heavy (non-hydrogen) atoms. The Hall–Kier alpha value is -4.08. The molecule has 9 nitrogen and oxygen atoms in total. The molecule has 0 aliphatic carbocycles. The monoisotopic (exact) mass is 504 g/mol. The maximum atomic E-state index is 13.2. The number of pyridine rings is 1. The third kappa shape index (κ3) is 6.58. The lowest BCUT2D eigenvalue weighted by atomic mass is 9.87. The van der Waals surface area contributed by atoms with Crippen molar-refractivity contribution < 1.29 is 24.6 Å². The maximum Gasteiger partial charge on any atom is 0.336 e. The van der Waals surface area contributed by atoms with E-state index in [1.54, 1.807) is 43.3 Å². The number of hydrogen-bond donors (Lipinski definition) is 5. The number of aromatic nitrogens is 1. The number of benzene rings is 2. The molecule has 0 fully saturated rings. The van der Waals surface area contributed by atoms with Crippen LogP contribution in [0.4, 0.5) is 5.69 Å². The second-order valence-electron chi connectivity index (χ2n) is 9.84. The molecule has 1 heterocycles. The van der Waals surface area contributed by atoms with Crippen molar-refractivity contribution in [3.63, 3.8) is 0 Å². The average Bonchev–Trinajstić information content (AvgIpc) is 2.86. The summed E-state index contributed by atoms with van der Waals surface area (Å²) in [5, 5.41) is 25.2. The first-order valence-electron chi connectivity index (χ1n) is 11.8. The fraction of sp³-hybridized carbons (Fsp3) is 0.286. The van der Waals surface area contributed by atoms with E-state index in [1.807, 2.05) is 20.8 Å². The number of rotatable bonds is 8. The van der Waals surface area contributed by atoms with Gasteiger partial charge in [0.05, 0.1) is 18.2 Å². The first kappa shape index (κ1) is 27.5. The Balaban J connectivity index is 1.99. The largest absolute Gasteiger partial charge is 0.478 e. The van der Waals surface area contributed by atoms with Crippen LogP contribution in [-0.2, 0) is 6.54 Å². The van der Waals surface area contributed by atoms with Crippen molar-refractivity contribution in [1.29, 1.82) is 0 Å². The highest BCUT2D eigenvalue weighted by Crippen LogP contribution is 2.29. The number of carboxylic acid groups (broad SMARTS) is 1. The minimum atomic E-state index is -1.26. The van der Waals surface area contributed by atoms with E-state index in [-0.39, 0.29) is 29.0 Å². The second-order valence-corrected chi connectivity index (χ2v) is 9.84. The highest BCUT2D eigenvalue weighted by Gasteiger charge is 2.27. The van der Waals surface area contributed by atoms with Crippen LogP contribution in [-0.4, -0.2) is 45.6 Å². The Bertz CT molecular complexity index is 1310. The first-order chi connectivity index (χ1) is 17.4. The molecule has 0 radical (unpaired) electrons. The number of nitrogens with one attached hydrogen (secondary N) is 2. The summed E-state index contributed by atoms with van der Waals surface area (Å²) < 4.78 is 0. The zero-order chi connectivity index (χ0) is 27.3. The number of anilines is 1. The summed E-state index contributed by atoms with van der Waals surface area (Å²) in [4.78, 5) is 42.6. The van der Waals surface area contributed by atoms with Gasteiger partial charge >= 0.3 is 5.97 Å². The summed E-state index contributed by atoms with van der Waals surface area (Å²) in [5.74, 6) is -2.28. The standard InChI is InChI=1S/C28H32N4O5/c1-16-5-11-21(24(30-16)26(35)31-19-9-6-17(14-29)7-10-19)20-12-8-18(13-22(20)27(36)37)25(34)32-23(15-33)28(2,3)4/h5-13,23,33H,14-15,29H2,1-4H3,(H,31,35)(H,32,34)(H,36,37)/t23-/m1/s1. The van der Waals surface area contributed by atoms with Crippen LogP contribution in [0.5, 0.6) is 0 Å². The minimum absolute atomic E-state index is 0.0516. The van der Waals surface area contributed by atoms with Crippen molar-refractivity contribution in [1.82, 2.24) is 10.3 Å². The van der Waals surface area contributed by atoms with Crippen LogP contribution >= 0.6 is 0 Å². The van der Waals surface area contributed by atoms with E-state index in [9.17, 15) is 24.6 Å². The fourth-order valence-electron chi connectivity index (χ4n) is 3.74. The van der Waals surface area contributed by atoms with E-state index < -0.39 is 29.2 Å². The molecular weight excluding hydrogens is 472 g/mol. The molecule has 6 N–H and O–H groups in total. The summed E-state index contributed by atoms with van der Waals surface area (Å²) in [6.07, 6.45) is 0. The molecule has 0 aliphatic rings. The SMILES string of the molecule is Cc1ccc(-c2ccc(C(=O)N[C@H](CO)C(C)(C)C)cc2C(=O)O)c(C(=O)Nc2ccc(CN)cc2)n1. The molecule has 3 aromatic rings. The average molecular weight is 505 g/mol. The Morgan fingerprint density at radius 1 is 0.973 bits per heavy atom. The summed E-state index contributed by atoms with van der Waals surface area (Å²) in [5.41, 5.74) is 7.84. The fourth-order valence-corrected chi connectivity index (χ4v) is 3.74. The van der Waals surface area contributed by atoms with Crippen LogP contribution in [0.15, 0.2) is 54.6 Å². The number of aliphatic hydroxyl groups excluding tert-OH is 1. The molecule has 1 atom stereocenters. The molecule has 0 spiro atoms. The van der Waals surface area contributed by atoms with Crippen molar-refractivity contribution in [2.45, 2.75) is 40.3 Å². The van der Waals surface area contributed by atoms with Crippen LogP contribution in [0, 0.1) is 12.3 Å². The summed E-state index contributed by atoms with van der Waals surface area (Å²) in [6, 6.07) is 14.1. The van der Waals surface area contributed by atoms with Gasteiger partial charge < -0.3 is 26.6 Å². The van der Waals surface area contributed by atoms with Crippen LogP contribution in [0.2, 0.25) is 0 Å². The molecule has 2 amide bonds. The van der Waals surface area contributed by atoms with Crippen LogP contribution in [0.3, 0.4) is 0 Å². The van der Waals surface area contributed by atoms with Crippen molar-refractivity contribution >= 4 is 23.5 Å². The van der Waals surface area contributed by atoms with Gasteiger partial charge in [0.15, 0.2) is 0 Å². The Morgan fingerprint density at radius 2 is 1.62 bits per heavy atom. The number of hydrogen-bond acceptors (Lipinski definition) is 6. The number of amides is 2. The predicted molar refractivity (Wildman–Crippen MR) is 141 cm³/mol. The van der Waals surface area contributed by atoms with Gasteiger partial charge in [-0.15, -0.1) is 0 Å². The lowest BCUT2D eigenvalue weighted by molar-refractivity contribution is 0.0697. The number of nitrogens with two attached hydrogens (primary N) is 1. The zero-order valence-electron chi connectivity index (χ0n) is 21.3. The van der Waals surface area contributed by atoms with Gasteiger partial charge in [0.25, 0.3) is 11.8 Å². The van der Waals surface area contributed by atoms with Crippen molar-refractivity contribution in [3.8, 4) is 11.1 Å². The molecule has 9 heteroatoms. The smallest absolute Gasteiger partial charge is 0.336 e. The predicted octanol–water partition coefficient (Wildman–Crippen LogP) is 3.60. The number of nitrogens with zero attached hydrogens (tertiary/aromatic N) is 1. The molecular formula is C28H32N4O5. The van der Waals surface area contributed by atoms with Gasteiger partial charge in [0, 0.05) is 29.1 Å². The Morgan fingerprint density at radius 3 is 2.19 bits per heavy atom. The van der Waals surface area contributed by atoms with E-state index in [0.29, 0.717) is 23.5 Å². The molecule has 3 rings (SSSR count). The van der Waals surface area contributed by atoms with E-state index in [2.05, 4.69) is 15.6 Å². The molecule has 0 unspecified atom stereocenters. The van der Waals surface area contributed by atoms with Gasteiger partial charge in [-0.05, 0) is 53.8 Å². The molecule has 0 saturated carbocycles. The molecule has 194 valence electrons. The lowest BCUT2D eigenvalue weighted by Crippen LogP contribution is -2.46. The Kier molecular flexibility index (Phi) is 8.42. The first-order valence-corrected chi connectivity index (χ1v) is 11.8. The van der Waals surface area contributed by atoms with Gasteiger partial charge in [-0.25, -0.2) is 9.78 Å². The molecule has 1 aromatic heterocycles. The van der Waals surface area contributed by atoms with Gasteiger partial charge in [-0.2, -0.15) is 0 Å². The quantitative estimate of drug-likeness (QED) is 0.314. The minimum Gasteiger partial charge on any atom is -0.478 e. The second kappa shape index (κ2) is 11.3. The van der Waals surface area contributed by atoms with Gasteiger partial charge in [0.2, 0.25) is 0 Å². The molecule has 2 aromatic carbocycles. The van der Waals surface area contributed by atoms with Crippen molar-refractivity contribution in [3.05, 3.63) is 82.7 Å². The number of carboxylic acids is 1. The summed E-state index contributed by atoms with van der Waals surface area (Å²) in [6.45, 7) is 7.48. The van der Waals surface area contributed by atoms with Crippen LogP contribution in [0.1, 0.15) is 63.2 Å². The van der Waals surface area contributed by atoms with Crippen LogP contribution in [0.25, 0.3) is 11.1 Å². The third-order valence-corrected chi connectivity index (χ3v) is 6.03. The van der Waals surface area contributed by atoms with Crippen molar-refractivity contribution in [2.75, 3.05) is 11.9 Å². The number of carbonyl (C=O) groups excluding carboxylic acids is 2. The van der Waals surface area contributed by atoms with Crippen molar-refractivity contribution in [2.24, 2.45) is 11.1 Å². The van der Waals surface area contributed by atoms with E-state index in [4.69, 9.17) is 5.73 Å². The summed E-state index contributed by atoms with van der Waals surface area (Å²) in [7, 11) is 0. The number of carbonyl (C=O) groups is 3. The highest BCUT2D eigenvalue weighted by molar-refractivity contribution is 6.09. The van der Waals surface area contributed by atoms with E-state index in [0.717, 1.165) is 5.56 Å². The normalized spacial score (nSPS) is 12.1. The van der Waals surface area contributed by atoms with Gasteiger partial charge in [-0.3, -0.25) is 9.59 Å². The topological polar surface area (TPSA) is 155 Å². The summed E-state index contributed by atoms with van der Waals surface area (Å²) >= 11 is 0. The maximum absolute atomic E-state index is 13.2. The highest BCUT2D eigenvalue weighted by atomic mass is 16.4. The molecule has 0 saturated heterocycles. The van der Waals surface area contributed by atoms with Crippen LogP contribution < -0.4 is 16.4 Å². The Labute approximate surface area is 215 Å². The molecule has 0 bridgehead atoms. The molecule has 0 aliphatic heterocycles. The zero-order valence-corrected chi connectivity index (χ0v) is 21.3. The number of aryl methyl sites for hydroxylation is 1. The number of aromatic carboxylic acids is 1. The van der Waals surface area contributed by atoms with Gasteiger partial charge in [-0.1, -0.05) is 45.0 Å². The number of aliphatic hydroxyl groups is 1. The van der Waals surface area contributed by atoms with E-state index in [1.165, 1.54) is 18.2 Å². The lowest BCUT2D eigenvalue weighted by Gasteiger charge is -2.29. The van der Waals surface area contributed by atoms with E-state index >= 15 is 0 Å². The van der Waals surface area contributed by atoms with Gasteiger partial charge in [0.1, 0.15) is 5.69 Å². The third-order valence-electron chi connectivity index (χ3n) is 6.03.